The van der Waals surface area contributed by atoms with Gasteiger partial charge in [0.15, 0.2) is 0 Å². The molecule has 0 radical (unpaired) electrons. The molecule has 4 heteroatoms. The van der Waals surface area contributed by atoms with Crippen LogP contribution in [0.25, 0.3) is 0 Å². The van der Waals surface area contributed by atoms with Crippen LogP contribution < -0.4 is 0 Å². The monoisotopic (exact) mass is 276 g/mol. The van der Waals surface area contributed by atoms with E-state index >= 15 is 0 Å². The van der Waals surface area contributed by atoms with Crippen LogP contribution in [0.5, 0.6) is 0 Å². The first kappa shape index (κ1) is 15.0. The predicted octanol–water partition coefficient (Wildman–Crippen LogP) is 0.982. The standard InChI is InChI=1S/C16H24N2O2/c1-13-3-4-14(2)15(11-13)12-16(20)18-7-5-17(6-8-18)9-10-19/h3-4,11,19H,5-10,12H2,1-2H3. The molecule has 1 heterocycles. The zero-order valence-corrected chi connectivity index (χ0v) is 12.4. The summed E-state index contributed by atoms with van der Waals surface area (Å²) in [5, 5.41) is 8.92. The third kappa shape index (κ3) is 3.81. The van der Waals surface area contributed by atoms with E-state index in [1.165, 1.54) is 11.1 Å². The summed E-state index contributed by atoms with van der Waals surface area (Å²) in [4.78, 5) is 16.5. The summed E-state index contributed by atoms with van der Waals surface area (Å²) in [5.41, 5.74) is 3.52. The van der Waals surface area contributed by atoms with Gasteiger partial charge >= 0.3 is 0 Å². The maximum atomic E-state index is 12.4. The Morgan fingerprint density at radius 2 is 1.90 bits per heavy atom. The van der Waals surface area contributed by atoms with Crippen LogP contribution in [-0.4, -0.2) is 60.1 Å². The number of aliphatic hydroxyl groups excluding tert-OH is 1. The van der Waals surface area contributed by atoms with Gasteiger partial charge in [-0.15, -0.1) is 0 Å². The average molecular weight is 276 g/mol. The zero-order chi connectivity index (χ0) is 14.5. The molecule has 0 atom stereocenters. The second-order valence-electron chi connectivity index (χ2n) is 5.55. The highest BCUT2D eigenvalue weighted by Crippen LogP contribution is 2.13. The van der Waals surface area contributed by atoms with E-state index < -0.39 is 0 Å². The molecular weight excluding hydrogens is 252 g/mol. The molecule has 110 valence electrons. The Morgan fingerprint density at radius 1 is 1.20 bits per heavy atom. The highest BCUT2D eigenvalue weighted by molar-refractivity contribution is 5.79. The highest BCUT2D eigenvalue weighted by atomic mass is 16.3. The van der Waals surface area contributed by atoms with Crippen molar-refractivity contribution < 1.29 is 9.90 Å². The van der Waals surface area contributed by atoms with Crippen LogP contribution in [0.2, 0.25) is 0 Å². The van der Waals surface area contributed by atoms with Crippen LogP contribution in [0, 0.1) is 13.8 Å². The molecule has 1 amide bonds. The minimum absolute atomic E-state index is 0.191. The van der Waals surface area contributed by atoms with E-state index in [2.05, 4.69) is 36.9 Å². The van der Waals surface area contributed by atoms with Crippen molar-refractivity contribution in [2.24, 2.45) is 0 Å². The van der Waals surface area contributed by atoms with E-state index in [1.54, 1.807) is 0 Å². The summed E-state index contributed by atoms with van der Waals surface area (Å²) < 4.78 is 0. The molecule has 1 aliphatic rings. The van der Waals surface area contributed by atoms with Gasteiger partial charge in [0, 0.05) is 32.7 Å². The third-order valence-electron chi connectivity index (χ3n) is 3.99. The quantitative estimate of drug-likeness (QED) is 0.891. The van der Waals surface area contributed by atoms with Crippen molar-refractivity contribution in [1.29, 1.82) is 0 Å². The smallest absolute Gasteiger partial charge is 0.227 e. The minimum atomic E-state index is 0.191. The van der Waals surface area contributed by atoms with E-state index in [0.717, 1.165) is 31.7 Å². The number of β-amino-alcohol motifs (C(OH)–C–C–N with tert-alkyl or cyclic N) is 1. The summed E-state index contributed by atoms with van der Waals surface area (Å²) >= 11 is 0. The summed E-state index contributed by atoms with van der Waals surface area (Å²) in [6.45, 7) is 8.27. The molecule has 1 aromatic rings. The Balaban J connectivity index is 1.91. The molecule has 0 aromatic heterocycles. The second kappa shape index (κ2) is 6.86. The molecule has 4 nitrogen and oxygen atoms in total. The Labute approximate surface area is 121 Å². The number of carbonyl (C=O) groups is 1. The Morgan fingerprint density at radius 3 is 2.55 bits per heavy atom. The highest BCUT2D eigenvalue weighted by Gasteiger charge is 2.21. The number of hydrogen-bond donors (Lipinski definition) is 1. The predicted molar refractivity (Wildman–Crippen MR) is 79.7 cm³/mol. The average Bonchev–Trinajstić information content (AvgIpc) is 2.44. The Kier molecular flexibility index (Phi) is 5.15. The molecule has 0 bridgehead atoms. The first-order chi connectivity index (χ1) is 9.60. The lowest BCUT2D eigenvalue weighted by atomic mass is 10.0. The number of carbonyl (C=O) groups excluding carboxylic acids is 1. The van der Waals surface area contributed by atoms with E-state index in [4.69, 9.17) is 5.11 Å². The van der Waals surface area contributed by atoms with Gasteiger partial charge in [0.05, 0.1) is 13.0 Å². The number of amides is 1. The molecule has 0 spiro atoms. The minimum Gasteiger partial charge on any atom is -0.395 e. The molecule has 1 N–H and O–H groups in total. The third-order valence-corrected chi connectivity index (χ3v) is 3.99. The maximum Gasteiger partial charge on any atom is 0.227 e. The van der Waals surface area contributed by atoms with Crippen LogP contribution in [0.4, 0.5) is 0 Å². The number of nitrogens with zero attached hydrogens (tertiary/aromatic N) is 2. The lowest BCUT2D eigenvalue weighted by molar-refractivity contribution is -0.132. The SMILES string of the molecule is Cc1ccc(C)c(CC(=O)N2CCN(CCO)CC2)c1. The van der Waals surface area contributed by atoms with Gasteiger partial charge in [0.1, 0.15) is 0 Å². The molecular formula is C16H24N2O2. The number of piperazine rings is 1. The molecule has 1 fully saturated rings. The Hall–Kier alpha value is -1.39. The molecule has 20 heavy (non-hydrogen) atoms. The first-order valence-corrected chi connectivity index (χ1v) is 7.27. The van der Waals surface area contributed by atoms with Gasteiger partial charge in [0.2, 0.25) is 5.91 Å². The summed E-state index contributed by atoms with van der Waals surface area (Å²) in [5.74, 6) is 0.211. The van der Waals surface area contributed by atoms with E-state index in [1.807, 2.05) is 4.90 Å². The Bertz CT molecular complexity index is 466. The van der Waals surface area contributed by atoms with Crippen molar-refractivity contribution in [2.45, 2.75) is 20.3 Å². The largest absolute Gasteiger partial charge is 0.395 e. The van der Waals surface area contributed by atoms with Crippen molar-refractivity contribution in [3.8, 4) is 0 Å². The maximum absolute atomic E-state index is 12.4. The van der Waals surface area contributed by atoms with Crippen molar-refractivity contribution in [2.75, 3.05) is 39.3 Å². The van der Waals surface area contributed by atoms with Gasteiger partial charge in [0.25, 0.3) is 0 Å². The zero-order valence-electron chi connectivity index (χ0n) is 12.4. The number of aliphatic hydroxyl groups is 1. The van der Waals surface area contributed by atoms with Gasteiger partial charge in [-0.25, -0.2) is 0 Å². The van der Waals surface area contributed by atoms with Gasteiger partial charge in [-0.1, -0.05) is 23.8 Å². The van der Waals surface area contributed by atoms with Crippen LogP contribution in [0.1, 0.15) is 16.7 Å². The summed E-state index contributed by atoms with van der Waals surface area (Å²) in [6, 6.07) is 6.27. The normalized spacial score (nSPS) is 16.4. The van der Waals surface area contributed by atoms with Gasteiger partial charge < -0.3 is 10.0 Å². The number of hydrogen-bond acceptors (Lipinski definition) is 3. The number of rotatable bonds is 4. The van der Waals surface area contributed by atoms with Crippen LogP contribution in [0.3, 0.4) is 0 Å². The molecule has 1 aromatic carbocycles. The summed E-state index contributed by atoms with van der Waals surface area (Å²) in [6.07, 6.45) is 0.494. The molecule has 0 aliphatic carbocycles. The van der Waals surface area contributed by atoms with Gasteiger partial charge in [-0.05, 0) is 25.0 Å². The van der Waals surface area contributed by atoms with Crippen molar-refractivity contribution in [3.63, 3.8) is 0 Å². The first-order valence-electron chi connectivity index (χ1n) is 7.27. The van der Waals surface area contributed by atoms with Crippen molar-refractivity contribution in [3.05, 3.63) is 34.9 Å². The van der Waals surface area contributed by atoms with Gasteiger partial charge in [-0.3, -0.25) is 9.69 Å². The molecule has 1 aliphatic heterocycles. The fourth-order valence-corrected chi connectivity index (χ4v) is 2.63. The van der Waals surface area contributed by atoms with Crippen LogP contribution >= 0.6 is 0 Å². The van der Waals surface area contributed by atoms with E-state index in [0.29, 0.717) is 13.0 Å². The topological polar surface area (TPSA) is 43.8 Å². The lowest BCUT2D eigenvalue weighted by Gasteiger charge is -2.34. The van der Waals surface area contributed by atoms with Gasteiger partial charge in [-0.2, -0.15) is 0 Å². The molecule has 0 unspecified atom stereocenters. The fourth-order valence-electron chi connectivity index (χ4n) is 2.63. The summed E-state index contributed by atoms with van der Waals surface area (Å²) in [7, 11) is 0. The van der Waals surface area contributed by atoms with Crippen molar-refractivity contribution >= 4 is 5.91 Å². The van der Waals surface area contributed by atoms with Crippen molar-refractivity contribution in [1.82, 2.24) is 9.80 Å². The number of benzene rings is 1. The fraction of sp³-hybridized carbons (Fsp3) is 0.562. The lowest BCUT2D eigenvalue weighted by Crippen LogP contribution is -2.49. The second-order valence-corrected chi connectivity index (χ2v) is 5.55. The molecule has 0 saturated carbocycles. The number of aryl methyl sites for hydroxylation is 2. The molecule has 2 rings (SSSR count). The van der Waals surface area contributed by atoms with E-state index in [9.17, 15) is 4.79 Å². The molecule has 1 saturated heterocycles. The van der Waals surface area contributed by atoms with Crippen LogP contribution in [-0.2, 0) is 11.2 Å². The van der Waals surface area contributed by atoms with E-state index in [-0.39, 0.29) is 12.5 Å². The van der Waals surface area contributed by atoms with Crippen LogP contribution in [0.15, 0.2) is 18.2 Å².